The summed E-state index contributed by atoms with van der Waals surface area (Å²) in [6, 6.07) is 6.04. The van der Waals surface area contributed by atoms with Crippen molar-refractivity contribution in [1.29, 1.82) is 0 Å². The van der Waals surface area contributed by atoms with Gasteiger partial charge in [-0.05, 0) is 24.5 Å². The second-order valence-electron chi connectivity index (χ2n) is 6.25. The summed E-state index contributed by atoms with van der Waals surface area (Å²) >= 11 is 0. The first-order chi connectivity index (χ1) is 11.1. The van der Waals surface area contributed by atoms with Crippen LogP contribution in [0, 0.1) is 11.7 Å². The largest absolute Gasteiger partial charge is 0.379 e. The van der Waals surface area contributed by atoms with Gasteiger partial charge in [0.05, 0.1) is 18.9 Å². The summed E-state index contributed by atoms with van der Waals surface area (Å²) < 4.78 is 18.9. The minimum Gasteiger partial charge on any atom is -0.379 e. The Bertz CT molecular complexity index is 504. The van der Waals surface area contributed by atoms with Crippen LogP contribution in [0.3, 0.4) is 0 Å². The number of carbonyl (C=O) groups excluding carboxylic acids is 1. The highest BCUT2D eigenvalue weighted by Gasteiger charge is 2.22. The van der Waals surface area contributed by atoms with Crippen molar-refractivity contribution in [2.75, 3.05) is 38.2 Å². The van der Waals surface area contributed by atoms with E-state index in [4.69, 9.17) is 4.74 Å². The smallest absolute Gasteiger partial charge is 0.319 e. The molecular formula is C17H26FN3O2. The Kier molecular flexibility index (Phi) is 6.80. The number of para-hydroxylation sites is 1. The van der Waals surface area contributed by atoms with Gasteiger partial charge in [-0.25, -0.2) is 9.18 Å². The molecule has 0 bridgehead atoms. The third-order valence-electron chi connectivity index (χ3n) is 3.93. The number of urea groups is 1. The van der Waals surface area contributed by atoms with Crippen molar-refractivity contribution in [1.82, 2.24) is 10.2 Å². The molecule has 0 aliphatic carbocycles. The lowest BCUT2D eigenvalue weighted by atomic mass is 10.0. The number of nitrogens with one attached hydrogen (secondary N) is 2. The molecule has 0 radical (unpaired) electrons. The van der Waals surface area contributed by atoms with Gasteiger partial charge >= 0.3 is 6.03 Å². The third kappa shape index (κ3) is 5.80. The number of rotatable bonds is 6. The Morgan fingerprint density at radius 1 is 1.30 bits per heavy atom. The van der Waals surface area contributed by atoms with Gasteiger partial charge in [0.1, 0.15) is 5.82 Å². The summed E-state index contributed by atoms with van der Waals surface area (Å²) in [5, 5.41) is 5.42. The van der Waals surface area contributed by atoms with E-state index in [1.807, 2.05) is 0 Å². The fourth-order valence-electron chi connectivity index (χ4n) is 2.79. The van der Waals surface area contributed by atoms with Gasteiger partial charge in [-0.15, -0.1) is 0 Å². The first kappa shape index (κ1) is 17.7. The average molecular weight is 323 g/mol. The van der Waals surface area contributed by atoms with Crippen LogP contribution >= 0.6 is 0 Å². The van der Waals surface area contributed by atoms with Gasteiger partial charge in [0.2, 0.25) is 0 Å². The predicted octanol–water partition coefficient (Wildman–Crippen LogP) is 2.69. The second kappa shape index (κ2) is 8.84. The van der Waals surface area contributed by atoms with E-state index < -0.39 is 5.82 Å². The van der Waals surface area contributed by atoms with Crippen molar-refractivity contribution < 1.29 is 13.9 Å². The van der Waals surface area contributed by atoms with Crippen LogP contribution in [0.1, 0.15) is 20.3 Å². The molecule has 1 unspecified atom stereocenters. The lowest BCUT2D eigenvalue weighted by Gasteiger charge is -2.35. The van der Waals surface area contributed by atoms with Crippen LogP contribution < -0.4 is 10.6 Å². The summed E-state index contributed by atoms with van der Waals surface area (Å²) in [4.78, 5) is 14.4. The lowest BCUT2D eigenvalue weighted by Crippen LogP contribution is -2.49. The van der Waals surface area contributed by atoms with Crippen molar-refractivity contribution in [3.8, 4) is 0 Å². The number of morpholine rings is 1. The van der Waals surface area contributed by atoms with Gasteiger partial charge < -0.3 is 15.4 Å². The van der Waals surface area contributed by atoms with Gasteiger partial charge in [0.15, 0.2) is 0 Å². The molecule has 2 N–H and O–H groups in total. The molecule has 1 aliphatic rings. The maximum atomic E-state index is 13.5. The van der Waals surface area contributed by atoms with Crippen LogP contribution in [0.4, 0.5) is 14.9 Å². The quantitative estimate of drug-likeness (QED) is 0.846. The Balaban J connectivity index is 1.86. The molecule has 1 fully saturated rings. The van der Waals surface area contributed by atoms with Crippen LogP contribution in [0.25, 0.3) is 0 Å². The van der Waals surface area contributed by atoms with Crippen LogP contribution in [0.5, 0.6) is 0 Å². The Morgan fingerprint density at radius 2 is 2.00 bits per heavy atom. The number of anilines is 1. The van der Waals surface area contributed by atoms with Crippen molar-refractivity contribution in [3.05, 3.63) is 30.1 Å². The minimum absolute atomic E-state index is 0.191. The van der Waals surface area contributed by atoms with E-state index in [0.29, 0.717) is 12.5 Å². The van der Waals surface area contributed by atoms with Crippen molar-refractivity contribution in [3.63, 3.8) is 0 Å². The lowest BCUT2D eigenvalue weighted by molar-refractivity contribution is 0.0130. The van der Waals surface area contributed by atoms with Gasteiger partial charge in [-0.2, -0.15) is 0 Å². The maximum Gasteiger partial charge on any atom is 0.319 e. The molecule has 1 aromatic carbocycles. The molecule has 2 amide bonds. The highest BCUT2D eigenvalue weighted by atomic mass is 19.1. The molecule has 1 aromatic rings. The number of halogens is 1. The van der Waals surface area contributed by atoms with Gasteiger partial charge in [-0.3, -0.25) is 4.90 Å². The molecule has 1 saturated heterocycles. The van der Waals surface area contributed by atoms with Gasteiger partial charge in [-0.1, -0.05) is 26.0 Å². The van der Waals surface area contributed by atoms with E-state index in [0.717, 1.165) is 32.7 Å². The van der Waals surface area contributed by atoms with Gasteiger partial charge in [0.25, 0.3) is 0 Å². The van der Waals surface area contributed by atoms with Gasteiger partial charge in [0, 0.05) is 25.7 Å². The summed E-state index contributed by atoms with van der Waals surface area (Å²) in [6.45, 7) is 8.12. The second-order valence-corrected chi connectivity index (χ2v) is 6.25. The Hall–Kier alpha value is -1.66. The standard InChI is InChI=1S/C17H26FN3O2/c1-13(2)11-14(21-7-9-23-10-8-21)12-19-17(22)20-16-6-4-3-5-15(16)18/h3-6,13-14H,7-12H2,1-2H3,(H2,19,20,22). The third-order valence-corrected chi connectivity index (χ3v) is 3.93. The molecular weight excluding hydrogens is 297 g/mol. The predicted molar refractivity (Wildman–Crippen MR) is 89.1 cm³/mol. The molecule has 1 atom stereocenters. The van der Waals surface area contributed by atoms with E-state index in [1.165, 1.54) is 6.07 Å². The number of nitrogens with zero attached hydrogens (tertiary/aromatic N) is 1. The number of carbonyl (C=O) groups is 1. The molecule has 5 nitrogen and oxygen atoms in total. The topological polar surface area (TPSA) is 53.6 Å². The fourth-order valence-corrected chi connectivity index (χ4v) is 2.79. The van der Waals surface area contributed by atoms with E-state index >= 15 is 0 Å². The number of amides is 2. The monoisotopic (exact) mass is 323 g/mol. The van der Waals surface area contributed by atoms with Crippen LogP contribution in [0.15, 0.2) is 24.3 Å². The zero-order valence-corrected chi connectivity index (χ0v) is 13.8. The van der Waals surface area contributed by atoms with Crippen molar-refractivity contribution >= 4 is 11.7 Å². The Labute approximate surface area is 137 Å². The SMILES string of the molecule is CC(C)CC(CNC(=O)Nc1ccccc1F)N1CCOCC1. The zero-order valence-electron chi connectivity index (χ0n) is 13.8. The van der Waals surface area contributed by atoms with Crippen molar-refractivity contribution in [2.24, 2.45) is 5.92 Å². The fraction of sp³-hybridized carbons (Fsp3) is 0.588. The molecule has 1 heterocycles. The van der Waals surface area contributed by atoms with E-state index in [9.17, 15) is 9.18 Å². The first-order valence-electron chi connectivity index (χ1n) is 8.17. The minimum atomic E-state index is -0.436. The normalized spacial score (nSPS) is 17.0. The summed E-state index contributed by atoms with van der Waals surface area (Å²) in [5.74, 6) is 0.105. The molecule has 2 rings (SSSR count). The summed E-state index contributed by atoms with van der Waals surface area (Å²) in [5.41, 5.74) is 0.191. The van der Waals surface area contributed by atoms with E-state index in [2.05, 4.69) is 29.4 Å². The molecule has 6 heteroatoms. The Morgan fingerprint density at radius 3 is 2.65 bits per heavy atom. The number of hydrogen-bond acceptors (Lipinski definition) is 3. The summed E-state index contributed by atoms with van der Waals surface area (Å²) in [7, 11) is 0. The number of benzene rings is 1. The highest BCUT2D eigenvalue weighted by Crippen LogP contribution is 2.14. The van der Waals surface area contributed by atoms with E-state index in [1.54, 1.807) is 18.2 Å². The molecule has 0 aromatic heterocycles. The van der Waals surface area contributed by atoms with E-state index in [-0.39, 0.29) is 17.8 Å². The number of ether oxygens (including phenoxy) is 1. The molecule has 23 heavy (non-hydrogen) atoms. The molecule has 1 aliphatic heterocycles. The van der Waals surface area contributed by atoms with Crippen LogP contribution in [-0.4, -0.2) is 49.8 Å². The molecule has 0 spiro atoms. The number of hydrogen-bond donors (Lipinski definition) is 2. The average Bonchev–Trinajstić information content (AvgIpc) is 2.54. The van der Waals surface area contributed by atoms with Crippen LogP contribution in [-0.2, 0) is 4.74 Å². The zero-order chi connectivity index (χ0) is 16.7. The highest BCUT2D eigenvalue weighted by molar-refractivity contribution is 5.89. The molecule has 128 valence electrons. The maximum absolute atomic E-state index is 13.5. The van der Waals surface area contributed by atoms with Crippen LogP contribution in [0.2, 0.25) is 0 Å². The first-order valence-corrected chi connectivity index (χ1v) is 8.17. The summed E-state index contributed by atoms with van der Waals surface area (Å²) in [6.07, 6.45) is 1.000. The van der Waals surface area contributed by atoms with Crippen molar-refractivity contribution in [2.45, 2.75) is 26.3 Å². The molecule has 0 saturated carbocycles.